The van der Waals surface area contributed by atoms with E-state index < -0.39 is 6.04 Å². The lowest BCUT2D eigenvalue weighted by Crippen LogP contribution is -2.43. The average molecular weight is 303 g/mol. The molecule has 0 bridgehead atoms. The van der Waals surface area contributed by atoms with Crippen LogP contribution in [0.5, 0.6) is 0 Å². The molecule has 3 nitrogen and oxygen atoms in total. The maximum absolute atomic E-state index is 13.4. The van der Waals surface area contributed by atoms with Crippen molar-refractivity contribution >= 4 is 21.8 Å². The summed E-state index contributed by atoms with van der Waals surface area (Å²) in [6.45, 7) is 3.87. The van der Waals surface area contributed by atoms with Gasteiger partial charge in [-0.1, -0.05) is 29.8 Å². The molecule has 94 valence electrons. The highest BCUT2D eigenvalue weighted by Crippen LogP contribution is 2.15. The Labute approximate surface area is 109 Å². The van der Waals surface area contributed by atoms with Crippen molar-refractivity contribution in [2.45, 2.75) is 26.4 Å². The molecule has 0 aromatic heterocycles. The van der Waals surface area contributed by atoms with E-state index in [1.807, 2.05) is 13.8 Å². The van der Waals surface area contributed by atoms with E-state index in [2.05, 4.69) is 21.2 Å². The lowest BCUT2D eigenvalue weighted by molar-refractivity contribution is -0.123. The summed E-state index contributed by atoms with van der Waals surface area (Å²) >= 11 is 3.25. The number of carbonyl (C=O) groups is 1. The van der Waals surface area contributed by atoms with Crippen molar-refractivity contribution in [1.29, 1.82) is 0 Å². The second-order valence-corrected chi connectivity index (χ2v) is 5.14. The summed E-state index contributed by atoms with van der Waals surface area (Å²) in [4.78, 5) is 11.6. The molecule has 1 aromatic rings. The summed E-state index contributed by atoms with van der Waals surface area (Å²) in [6.07, 6.45) is 0. The summed E-state index contributed by atoms with van der Waals surface area (Å²) in [5.74, 6) is -0.548. The largest absolute Gasteiger partial charge is 0.351 e. The van der Waals surface area contributed by atoms with Crippen molar-refractivity contribution in [3.05, 3.63) is 34.1 Å². The fraction of sp³-hybridized carbons (Fsp3) is 0.417. The maximum Gasteiger partial charge on any atom is 0.237 e. The number of rotatable bonds is 4. The minimum absolute atomic E-state index is 0.0577. The molecule has 0 fully saturated rings. The Morgan fingerprint density at radius 1 is 1.53 bits per heavy atom. The van der Waals surface area contributed by atoms with Crippen LogP contribution >= 0.6 is 15.9 Å². The van der Waals surface area contributed by atoms with Gasteiger partial charge in [0.25, 0.3) is 0 Å². The molecule has 0 aliphatic rings. The Morgan fingerprint density at radius 2 is 2.18 bits per heavy atom. The van der Waals surface area contributed by atoms with Gasteiger partial charge in [0.05, 0.1) is 6.04 Å². The van der Waals surface area contributed by atoms with Gasteiger partial charge in [0.1, 0.15) is 5.82 Å². The Hall–Kier alpha value is -0.940. The Morgan fingerprint density at radius 3 is 2.76 bits per heavy atom. The first kappa shape index (κ1) is 14.1. The van der Waals surface area contributed by atoms with Crippen LogP contribution in [0.3, 0.4) is 0 Å². The molecule has 5 heteroatoms. The third-order valence-electron chi connectivity index (χ3n) is 2.48. The second-order valence-electron chi connectivity index (χ2n) is 4.22. The van der Waals surface area contributed by atoms with Crippen LogP contribution in [0.25, 0.3) is 0 Å². The monoisotopic (exact) mass is 302 g/mol. The summed E-state index contributed by atoms with van der Waals surface area (Å²) < 4.78 is 14.2. The van der Waals surface area contributed by atoms with Gasteiger partial charge >= 0.3 is 0 Å². The van der Waals surface area contributed by atoms with Gasteiger partial charge in [-0.25, -0.2) is 4.39 Å². The van der Waals surface area contributed by atoms with Crippen molar-refractivity contribution in [1.82, 2.24) is 5.32 Å². The molecule has 0 saturated heterocycles. The van der Waals surface area contributed by atoms with Crippen molar-refractivity contribution in [2.75, 3.05) is 0 Å². The van der Waals surface area contributed by atoms with E-state index in [1.165, 1.54) is 6.07 Å². The molecule has 1 aromatic carbocycles. The molecule has 0 radical (unpaired) electrons. The van der Waals surface area contributed by atoms with E-state index in [0.29, 0.717) is 5.56 Å². The average Bonchev–Trinajstić information content (AvgIpc) is 2.28. The number of halogens is 2. The normalized spacial score (nSPS) is 12.6. The van der Waals surface area contributed by atoms with Crippen molar-refractivity contribution in [2.24, 2.45) is 11.7 Å². The Balaban J connectivity index is 2.61. The maximum atomic E-state index is 13.4. The van der Waals surface area contributed by atoms with Crippen LogP contribution in [0.2, 0.25) is 0 Å². The summed E-state index contributed by atoms with van der Waals surface area (Å²) in [5.41, 5.74) is 6.11. The van der Waals surface area contributed by atoms with E-state index in [-0.39, 0.29) is 24.2 Å². The van der Waals surface area contributed by atoms with Gasteiger partial charge in [0.2, 0.25) is 5.91 Å². The lowest BCUT2D eigenvalue weighted by Gasteiger charge is -2.15. The standard InChI is InChI=1S/C12H16BrFN2O/c1-7(2)11(15)12(17)16-6-8-5-9(13)3-4-10(8)14/h3-5,7,11H,6,15H2,1-2H3,(H,16,17)/t11-/m1/s1. The predicted octanol–water partition coefficient (Wildman–Crippen LogP) is 2.19. The predicted molar refractivity (Wildman–Crippen MR) is 68.8 cm³/mol. The van der Waals surface area contributed by atoms with Crippen LogP contribution in [0.4, 0.5) is 4.39 Å². The number of amides is 1. The zero-order valence-corrected chi connectivity index (χ0v) is 11.4. The fourth-order valence-electron chi connectivity index (χ4n) is 1.28. The first-order valence-corrected chi connectivity index (χ1v) is 6.18. The molecule has 0 heterocycles. The van der Waals surface area contributed by atoms with Crippen LogP contribution in [-0.2, 0) is 11.3 Å². The van der Waals surface area contributed by atoms with Crippen LogP contribution < -0.4 is 11.1 Å². The number of nitrogens with two attached hydrogens (primary N) is 1. The summed E-state index contributed by atoms with van der Waals surface area (Å²) in [6, 6.07) is 4.04. The number of benzene rings is 1. The first-order chi connectivity index (χ1) is 7.91. The van der Waals surface area contributed by atoms with Gasteiger partial charge in [-0.15, -0.1) is 0 Å². The molecule has 0 spiro atoms. The van der Waals surface area contributed by atoms with Crippen LogP contribution in [0.1, 0.15) is 19.4 Å². The van der Waals surface area contributed by atoms with E-state index in [0.717, 1.165) is 4.47 Å². The molecular weight excluding hydrogens is 287 g/mol. The number of carbonyl (C=O) groups excluding carboxylic acids is 1. The first-order valence-electron chi connectivity index (χ1n) is 5.39. The Kier molecular flexibility index (Phi) is 5.08. The van der Waals surface area contributed by atoms with Crippen molar-refractivity contribution in [3.63, 3.8) is 0 Å². The highest BCUT2D eigenvalue weighted by atomic mass is 79.9. The third kappa shape index (κ3) is 4.09. The number of nitrogens with one attached hydrogen (secondary N) is 1. The smallest absolute Gasteiger partial charge is 0.237 e. The molecule has 17 heavy (non-hydrogen) atoms. The molecule has 0 aliphatic carbocycles. The van der Waals surface area contributed by atoms with Crippen molar-refractivity contribution < 1.29 is 9.18 Å². The van der Waals surface area contributed by atoms with Gasteiger partial charge in [-0.3, -0.25) is 4.79 Å². The minimum Gasteiger partial charge on any atom is -0.351 e. The second kappa shape index (κ2) is 6.12. The molecule has 0 unspecified atom stereocenters. The van der Waals surface area contributed by atoms with E-state index in [1.54, 1.807) is 12.1 Å². The van der Waals surface area contributed by atoms with Gasteiger partial charge < -0.3 is 11.1 Å². The zero-order valence-electron chi connectivity index (χ0n) is 9.84. The van der Waals surface area contributed by atoms with Gasteiger partial charge in [-0.05, 0) is 24.1 Å². The number of hydrogen-bond donors (Lipinski definition) is 2. The topological polar surface area (TPSA) is 55.1 Å². The van der Waals surface area contributed by atoms with Crippen LogP contribution in [0, 0.1) is 11.7 Å². The SMILES string of the molecule is CC(C)[C@@H](N)C(=O)NCc1cc(Br)ccc1F. The van der Waals surface area contributed by atoms with E-state index in [4.69, 9.17) is 5.73 Å². The fourth-order valence-corrected chi connectivity index (χ4v) is 1.69. The summed E-state index contributed by atoms with van der Waals surface area (Å²) in [5, 5.41) is 2.62. The molecule has 1 amide bonds. The van der Waals surface area contributed by atoms with Gasteiger partial charge in [-0.2, -0.15) is 0 Å². The summed E-state index contributed by atoms with van der Waals surface area (Å²) in [7, 11) is 0. The lowest BCUT2D eigenvalue weighted by atomic mass is 10.0. The van der Waals surface area contributed by atoms with Crippen LogP contribution in [0.15, 0.2) is 22.7 Å². The molecule has 1 atom stereocenters. The highest BCUT2D eigenvalue weighted by molar-refractivity contribution is 9.10. The van der Waals surface area contributed by atoms with E-state index in [9.17, 15) is 9.18 Å². The zero-order chi connectivity index (χ0) is 13.0. The highest BCUT2D eigenvalue weighted by Gasteiger charge is 2.17. The third-order valence-corrected chi connectivity index (χ3v) is 2.98. The Bertz CT molecular complexity index is 409. The molecule has 0 saturated carbocycles. The van der Waals surface area contributed by atoms with Crippen molar-refractivity contribution in [3.8, 4) is 0 Å². The van der Waals surface area contributed by atoms with Crippen LogP contribution in [-0.4, -0.2) is 11.9 Å². The van der Waals surface area contributed by atoms with Gasteiger partial charge in [0, 0.05) is 16.6 Å². The number of hydrogen-bond acceptors (Lipinski definition) is 2. The molecule has 1 rings (SSSR count). The minimum atomic E-state index is -0.565. The molecular formula is C12H16BrFN2O. The molecule has 0 aliphatic heterocycles. The molecule has 3 N–H and O–H groups in total. The quantitative estimate of drug-likeness (QED) is 0.896. The van der Waals surface area contributed by atoms with Gasteiger partial charge in [0.15, 0.2) is 0 Å². The van der Waals surface area contributed by atoms with E-state index >= 15 is 0 Å².